The van der Waals surface area contributed by atoms with Crippen molar-refractivity contribution in [2.75, 3.05) is 0 Å². The van der Waals surface area contributed by atoms with Crippen LogP contribution in [0.25, 0.3) is 11.3 Å². The number of rotatable bonds is 1. The van der Waals surface area contributed by atoms with Crippen molar-refractivity contribution in [3.8, 4) is 11.3 Å². The number of aryl methyl sites for hydroxylation is 2. The van der Waals surface area contributed by atoms with E-state index in [0.717, 1.165) is 36.4 Å². The van der Waals surface area contributed by atoms with E-state index in [2.05, 4.69) is 5.10 Å². The summed E-state index contributed by atoms with van der Waals surface area (Å²) in [6.07, 6.45) is 4.08. The number of aldehydes is 1. The van der Waals surface area contributed by atoms with Gasteiger partial charge in [0.2, 0.25) is 0 Å². The van der Waals surface area contributed by atoms with E-state index in [0.29, 0.717) is 17.1 Å². The highest BCUT2D eigenvalue weighted by atomic mass is 35.5. The Hall–Kier alpha value is -1.55. The van der Waals surface area contributed by atoms with Gasteiger partial charge in [-0.3, -0.25) is 9.48 Å². The summed E-state index contributed by atoms with van der Waals surface area (Å²) < 4.78 is 7.31. The van der Waals surface area contributed by atoms with Gasteiger partial charge >= 0.3 is 0 Å². The third kappa shape index (κ3) is 1.30. The molecule has 0 radical (unpaired) electrons. The summed E-state index contributed by atoms with van der Waals surface area (Å²) in [6, 6.07) is 1.73. The van der Waals surface area contributed by atoms with E-state index in [1.807, 2.05) is 4.68 Å². The van der Waals surface area contributed by atoms with Crippen molar-refractivity contribution < 1.29 is 9.21 Å². The lowest BCUT2D eigenvalue weighted by Crippen LogP contribution is -1.99. The predicted octanol–water partition coefficient (Wildman–Crippen LogP) is 2.56. The van der Waals surface area contributed by atoms with Crippen molar-refractivity contribution in [1.82, 2.24) is 9.78 Å². The standard InChI is InChI=1S/C11H9ClN2O2/c12-9-5-13-14-3-1-2-10-8(11(9)14)4-7(6-15)16-10/h4-6H,1-3H2. The molecule has 0 aliphatic carbocycles. The van der Waals surface area contributed by atoms with Crippen LogP contribution in [0.4, 0.5) is 0 Å². The molecule has 4 nitrogen and oxygen atoms in total. The minimum atomic E-state index is 0.343. The molecule has 5 heteroatoms. The van der Waals surface area contributed by atoms with Gasteiger partial charge in [-0.05, 0) is 12.5 Å². The molecule has 0 saturated carbocycles. The molecule has 82 valence electrons. The molecule has 1 aliphatic rings. The Labute approximate surface area is 96.8 Å². The van der Waals surface area contributed by atoms with Gasteiger partial charge in [0, 0.05) is 18.5 Å². The lowest BCUT2D eigenvalue weighted by molar-refractivity contribution is 0.109. The number of hydrogen-bond donors (Lipinski definition) is 0. The van der Waals surface area contributed by atoms with Crippen LogP contribution in [0.1, 0.15) is 22.7 Å². The molecule has 16 heavy (non-hydrogen) atoms. The number of nitrogens with zero attached hydrogens (tertiary/aromatic N) is 2. The zero-order chi connectivity index (χ0) is 11.1. The van der Waals surface area contributed by atoms with Crippen molar-refractivity contribution in [2.45, 2.75) is 19.4 Å². The maximum absolute atomic E-state index is 10.7. The minimum absolute atomic E-state index is 0.343. The third-order valence-electron chi connectivity index (χ3n) is 2.77. The second-order valence-corrected chi connectivity index (χ2v) is 4.18. The van der Waals surface area contributed by atoms with E-state index in [1.54, 1.807) is 12.3 Å². The summed E-state index contributed by atoms with van der Waals surface area (Å²) in [7, 11) is 0. The second kappa shape index (κ2) is 3.49. The van der Waals surface area contributed by atoms with Crippen LogP contribution in [0.2, 0.25) is 5.02 Å². The Kier molecular flexibility index (Phi) is 2.11. The van der Waals surface area contributed by atoms with Crippen molar-refractivity contribution >= 4 is 17.9 Å². The summed E-state index contributed by atoms with van der Waals surface area (Å²) in [5.41, 5.74) is 1.74. The van der Waals surface area contributed by atoms with E-state index >= 15 is 0 Å². The molecule has 0 aromatic carbocycles. The zero-order valence-corrected chi connectivity index (χ0v) is 9.20. The molecular formula is C11H9ClN2O2. The van der Waals surface area contributed by atoms with Crippen LogP contribution in [-0.4, -0.2) is 16.1 Å². The van der Waals surface area contributed by atoms with Crippen molar-refractivity contribution in [3.63, 3.8) is 0 Å². The highest BCUT2D eigenvalue weighted by Gasteiger charge is 2.22. The molecule has 2 aromatic heterocycles. The van der Waals surface area contributed by atoms with Crippen LogP contribution < -0.4 is 0 Å². The second-order valence-electron chi connectivity index (χ2n) is 3.77. The van der Waals surface area contributed by atoms with Gasteiger partial charge in [0.1, 0.15) is 5.76 Å². The van der Waals surface area contributed by atoms with Crippen LogP contribution in [0.5, 0.6) is 0 Å². The van der Waals surface area contributed by atoms with E-state index in [9.17, 15) is 4.79 Å². The topological polar surface area (TPSA) is 48.0 Å². The SMILES string of the molecule is O=Cc1cc2c(o1)CCCn1ncc(Cl)c1-2. The van der Waals surface area contributed by atoms with E-state index in [-0.39, 0.29) is 0 Å². The summed E-state index contributed by atoms with van der Waals surface area (Å²) in [5.74, 6) is 1.17. The molecule has 3 rings (SSSR count). The molecule has 3 heterocycles. The molecule has 0 bridgehead atoms. The molecule has 1 aliphatic heterocycles. The summed E-state index contributed by atoms with van der Waals surface area (Å²) in [6.45, 7) is 0.822. The Morgan fingerprint density at radius 1 is 1.56 bits per heavy atom. The molecule has 0 spiro atoms. The van der Waals surface area contributed by atoms with Crippen molar-refractivity contribution in [1.29, 1.82) is 0 Å². The highest BCUT2D eigenvalue weighted by Crippen LogP contribution is 2.35. The fourth-order valence-corrected chi connectivity index (χ4v) is 2.33. The summed E-state index contributed by atoms with van der Waals surface area (Å²) in [4.78, 5) is 10.7. The maximum atomic E-state index is 10.7. The van der Waals surface area contributed by atoms with Gasteiger partial charge in [0.05, 0.1) is 16.9 Å². The lowest BCUT2D eigenvalue weighted by atomic mass is 10.1. The fourth-order valence-electron chi connectivity index (χ4n) is 2.08. The Morgan fingerprint density at radius 2 is 2.44 bits per heavy atom. The Bertz CT molecular complexity index is 556. The number of hydrogen-bond acceptors (Lipinski definition) is 3. The van der Waals surface area contributed by atoms with Gasteiger partial charge in [-0.15, -0.1) is 0 Å². The minimum Gasteiger partial charge on any atom is -0.458 e. The van der Waals surface area contributed by atoms with Crippen LogP contribution in [0, 0.1) is 0 Å². The number of carbonyl (C=O) groups is 1. The first-order valence-corrected chi connectivity index (χ1v) is 5.47. The summed E-state index contributed by atoms with van der Waals surface area (Å²) >= 11 is 6.10. The van der Waals surface area contributed by atoms with Crippen LogP contribution >= 0.6 is 11.6 Å². The van der Waals surface area contributed by atoms with Gasteiger partial charge in [-0.1, -0.05) is 11.6 Å². The molecule has 2 aromatic rings. The summed E-state index contributed by atoms with van der Waals surface area (Å²) in [5, 5.41) is 4.80. The zero-order valence-electron chi connectivity index (χ0n) is 8.44. The average Bonchev–Trinajstić information content (AvgIpc) is 2.79. The molecule has 0 fully saturated rings. The quantitative estimate of drug-likeness (QED) is 0.715. The molecular weight excluding hydrogens is 228 g/mol. The third-order valence-corrected chi connectivity index (χ3v) is 3.04. The molecule has 0 saturated heterocycles. The molecule has 0 atom stereocenters. The number of carbonyl (C=O) groups excluding carboxylic acids is 1. The number of halogens is 1. The highest BCUT2D eigenvalue weighted by molar-refractivity contribution is 6.33. The molecule has 0 unspecified atom stereocenters. The van der Waals surface area contributed by atoms with Gasteiger partial charge in [0.25, 0.3) is 0 Å². The van der Waals surface area contributed by atoms with Gasteiger partial charge in [-0.25, -0.2) is 0 Å². The van der Waals surface area contributed by atoms with Gasteiger partial charge < -0.3 is 4.42 Å². The fraction of sp³-hybridized carbons (Fsp3) is 0.273. The first-order chi connectivity index (χ1) is 7.79. The van der Waals surface area contributed by atoms with Crippen molar-refractivity contribution in [2.24, 2.45) is 0 Å². The van der Waals surface area contributed by atoms with E-state index < -0.39 is 0 Å². The van der Waals surface area contributed by atoms with E-state index in [1.165, 1.54) is 0 Å². The smallest absolute Gasteiger partial charge is 0.185 e. The largest absolute Gasteiger partial charge is 0.458 e. The number of aromatic nitrogens is 2. The lowest BCUT2D eigenvalue weighted by Gasteiger charge is -2.01. The van der Waals surface area contributed by atoms with Crippen LogP contribution in [-0.2, 0) is 13.0 Å². The van der Waals surface area contributed by atoms with E-state index in [4.69, 9.17) is 16.0 Å². The first kappa shape index (κ1) is 9.66. The maximum Gasteiger partial charge on any atom is 0.185 e. The molecule has 0 amide bonds. The normalized spacial score (nSPS) is 14.1. The average molecular weight is 237 g/mol. The van der Waals surface area contributed by atoms with Crippen molar-refractivity contribution in [3.05, 3.63) is 28.8 Å². The number of fused-ring (bicyclic) bond motifs is 3. The van der Waals surface area contributed by atoms with Crippen LogP contribution in [0.15, 0.2) is 16.7 Å². The number of furan rings is 1. The Morgan fingerprint density at radius 3 is 3.25 bits per heavy atom. The Balaban J connectivity index is 2.26. The van der Waals surface area contributed by atoms with Crippen LogP contribution in [0.3, 0.4) is 0 Å². The predicted molar refractivity (Wildman–Crippen MR) is 58.6 cm³/mol. The van der Waals surface area contributed by atoms with Gasteiger partial charge in [-0.2, -0.15) is 5.10 Å². The first-order valence-electron chi connectivity index (χ1n) is 5.09. The van der Waals surface area contributed by atoms with Gasteiger partial charge in [0.15, 0.2) is 12.0 Å². The molecule has 0 N–H and O–H groups in total. The monoisotopic (exact) mass is 236 g/mol.